The summed E-state index contributed by atoms with van der Waals surface area (Å²) in [5.41, 5.74) is 1.61. The number of aromatic nitrogens is 2. The average Bonchev–Trinajstić information content (AvgIpc) is 3.10. The largest absolute Gasteiger partial charge is 0.497 e. The lowest BCUT2D eigenvalue weighted by Crippen LogP contribution is -2.20. The van der Waals surface area contributed by atoms with Crippen molar-refractivity contribution < 1.29 is 17.9 Å². The highest BCUT2D eigenvalue weighted by Gasteiger charge is 2.31. The fourth-order valence-electron chi connectivity index (χ4n) is 2.97. The Kier molecular flexibility index (Phi) is 4.80. The molecule has 2 heterocycles. The zero-order valence-electron chi connectivity index (χ0n) is 14.2. The molecule has 1 aliphatic heterocycles. The maximum Gasteiger partial charge on any atom is 0.229 e. The van der Waals surface area contributed by atoms with E-state index >= 15 is 0 Å². The third-order valence-corrected chi connectivity index (χ3v) is 5.95. The number of rotatable bonds is 5. The van der Waals surface area contributed by atoms with E-state index in [1.165, 1.54) is 0 Å². The van der Waals surface area contributed by atoms with Gasteiger partial charge in [-0.05, 0) is 31.0 Å². The zero-order chi connectivity index (χ0) is 18.0. The minimum absolute atomic E-state index is 0.0650. The SMILES string of the molecule is COc1ccc(CC(=O)Nc2cc(C)nn2C2CCS(=O)(=O)C2)cc1. The highest BCUT2D eigenvalue weighted by Crippen LogP contribution is 2.27. The van der Waals surface area contributed by atoms with Gasteiger partial charge in [0.1, 0.15) is 11.6 Å². The van der Waals surface area contributed by atoms with E-state index in [-0.39, 0.29) is 29.9 Å². The van der Waals surface area contributed by atoms with E-state index in [9.17, 15) is 13.2 Å². The van der Waals surface area contributed by atoms with E-state index < -0.39 is 9.84 Å². The maximum absolute atomic E-state index is 12.3. The Morgan fingerprint density at radius 3 is 2.68 bits per heavy atom. The van der Waals surface area contributed by atoms with Crippen LogP contribution >= 0.6 is 0 Å². The van der Waals surface area contributed by atoms with Crippen LogP contribution in [0.4, 0.5) is 5.82 Å². The summed E-state index contributed by atoms with van der Waals surface area (Å²) < 4.78 is 30.2. The maximum atomic E-state index is 12.3. The Hall–Kier alpha value is -2.35. The second-order valence-corrected chi connectivity index (χ2v) is 8.47. The molecule has 2 aromatic rings. The second-order valence-electron chi connectivity index (χ2n) is 6.25. The van der Waals surface area contributed by atoms with Gasteiger partial charge in [-0.1, -0.05) is 12.1 Å². The number of carbonyl (C=O) groups excluding carboxylic acids is 1. The predicted octanol–water partition coefficient (Wildman–Crippen LogP) is 1.74. The van der Waals surface area contributed by atoms with Crippen molar-refractivity contribution in [2.45, 2.75) is 25.8 Å². The summed E-state index contributed by atoms with van der Waals surface area (Å²) in [6.07, 6.45) is 0.738. The van der Waals surface area contributed by atoms with Crippen LogP contribution in [0.25, 0.3) is 0 Å². The van der Waals surface area contributed by atoms with Crippen molar-refractivity contribution in [1.29, 1.82) is 0 Å². The molecule has 0 aliphatic carbocycles. The van der Waals surface area contributed by atoms with Gasteiger partial charge in [0.2, 0.25) is 5.91 Å². The second kappa shape index (κ2) is 6.87. The molecular formula is C17H21N3O4S. The van der Waals surface area contributed by atoms with Crippen molar-refractivity contribution in [3.63, 3.8) is 0 Å². The van der Waals surface area contributed by atoms with Gasteiger partial charge in [0.15, 0.2) is 9.84 Å². The average molecular weight is 363 g/mol. The number of anilines is 1. The van der Waals surface area contributed by atoms with Crippen LogP contribution in [-0.4, -0.2) is 42.7 Å². The minimum atomic E-state index is -3.02. The molecule has 1 N–H and O–H groups in total. The standard InChI is InChI=1S/C17H21N3O4S/c1-12-9-16(20(19-12)14-7-8-25(22,23)11-14)18-17(21)10-13-3-5-15(24-2)6-4-13/h3-6,9,14H,7-8,10-11H2,1-2H3,(H,18,21). The number of carbonyl (C=O) groups is 1. The summed E-state index contributed by atoms with van der Waals surface area (Å²) in [4.78, 5) is 12.3. The van der Waals surface area contributed by atoms with E-state index in [1.54, 1.807) is 30.0 Å². The lowest BCUT2D eigenvalue weighted by Gasteiger charge is -2.14. The molecule has 134 valence electrons. The third kappa shape index (κ3) is 4.19. The van der Waals surface area contributed by atoms with E-state index in [1.807, 2.05) is 19.1 Å². The molecule has 0 radical (unpaired) electrons. The number of sulfone groups is 1. The third-order valence-electron chi connectivity index (χ3n) is 4.20. The van der Waals surface area contributed by atoms with Crippen molar-refractivity contribution in [1.82, 2.24) is 9.78 Å². The number of hydrogen-bond acceptors (Lipinski definition) is 5. The number of aryl methyl sites for hydroxylation is 1. The molecule has 1 aliphatic rings. The minimum Gasteiger partial charge on any atom is -0.497 e. The van der Waals surface area contributed by atoms with Gasteiger partial charge >= 0.3 is 0 Å². The number of amides is 1. The smallest absolute Gasteiger partial charge is 0.229 e. The van der Waals surface area contributed by atoms with Crippen LogP contribution < -0.4 is 10.1 Å². The van der Waals surface area contributed by atoms with Crippen LogP contribution in [0, 0.1) is 6.92 Å². The first-order chi connectivity index (χ1) is 11.9. The monoisotopic (exact) mass is 363 g/mol. The topological polar surface area (TPSA) is 90.3 Å². The first-order valence-corrected chi connectivity index (χ1v) is 9.88. The molecule has 1 unspecified atom stereocenters. The summed E-state index contributed by atoms with van der Waals surface area (Å²) in [5, 5.41) is 7.21. The zero-order valence-corrected chi connectivity index (χ0v) is 15.0. The van der Waals surface area contributed by atoms with Crippen LogP contribution in [0.2, 0.25) is 0 Å². The van der Waals surface area contributed by atoms with E-state index in [4.69, 9.17) is 4.74 Å². The number of nitrogens with one attached hydrogen (secondary N) is 1. The Balaban J connectivity index is 1.71. The Labute approximate surface area is 146 Å². The fourth-order valence-corrected chi connectivity index (χ4v) is 4.66. The number of nitrogens with zero attached hydrogens (tertiary/aromatic N) is 2. The first-order valence-electron chi connectivity index (χ1n) is 8.05. The molecule has 0 saturated carbocycles. The lowest BCUT2D eigenvalue weighted by atomic mass is 10.1. The summed E-state index contributed by atoms with van der Waals surface area (Å²) >= 11 is 0. The van der Waals surface area contributed by atoms with Crippen molar-refractivity contribution in [3.05, 3.63) is 41.6 Å². The first kappa shape index (κ1) is 17.5. The van der Waals surface area contributed by atoms with Crippen molar-refractivity contribution in [2.75, 3.05) is 23.9 Å². The highest BCUT2D eigenvalue weighted by molar-refractivity contribution is 7.91. The number of ether oxygens (including phenoxy) is 1. The van der Waals surface area contributed by atoms with E-state index in [2.05, 4.69) is 10.4 Å². The molecule has 25 heavy (non-hydrogen) atoms. The molecule has 1 atom stereocenters. The Morgan fingerprint density at radius 1 is 1.36 bits per heavy atom. The predicted molar refractivity (Wildman–Crippen MR) is 94.6 cm³/mol. The van der Waals surface area contributed by atoms with Gasteiger partial charge < -0.3 is 10.1 Å². The summed E-state index contributed by atoms with van der Waals surface area (Å²) in [6, 6.07) is 8.82. The van der Waals surface area contributed by atoms with Gasteiger partial charge in [0, 0.05) is 6.07 Å². The van der Waals surface area contributed by atoms with Gasteiger partial charge in [-0.15, -0.1) is 0 Å². The molecule has 1 aromatic carbocycles. The molecule has 7 nitrogen and oxygen atoms in total. The van der Waals surface area contributed by atoms with Gasteiger partial charge in [0.25, 0.3) is 0 Å². The van der Waals surface area contributed by atoms with Gasteiger partial charge in [-0.2, -0.15) is 5.10 Å². The van der Waals surface area contributed by atoms with Gasteiger partial charge in [-0.3, -0.25) is 4.79 Å². The van der Waals surface area contributed by atoms with Crippen molar-refractivity contribution in [2.24, 2.45) is 0 Å². The van der Waals surface area contributed by atoms with E-state index in [0.717, 1.165) is 17.0 Å². The Bertz CT molecular complexity index is 872. The van der Waals surface area contributed by atoms with Gasteiger partial charge in [0.05, 0.1) is 36.8 Å². The number of hydrogen-bond donors (Lipinski definition) is 1. The van der Waals surface area contributed by atoms with E-state index in [0.29, 0.717) is 12.2 Å². The van der Waals surface area contributed by atoms with Gasteiger partial charge in [-0.25, -0.2) is 13.1 Å². The van der Waals surface area contributed by atoms with Crippen LogP contribution in [-0.2, 0) is 21.1 Å². The number of methoxy groups -OCH3 is 1. The van der Waals surface area contributed by atoms with Crippen LogP contribution in [0.15, 0.2) is 30.3 Å². The van der Waals surface area contributed by atoms with Crippen LogP contribution in [0.3, 0.4) is 0 Å². The number of benzene rings is 1. The molecule has 0 bridgehead atoms. The summed E-state index contributed by atoms with van der Waals surface area (Å²) in [5.74, 6) is 1.33. The molecule has 1 saturated heterocycles. The molecule has 3 rings (SSSR count). The lowest BCUT2D eigenvalue weighted by molar-refractivity contribution is -0.115. The molecule has 1 aromatic heterocycles. The molecule has 8 heteroatoms. The fraction of sp³-hybridized carbons (Fsp3) is 0.412. The van der Waals surface area contributed by atoms with Crippen molar-refractivity contribution in [3.8, 4) is 5.75 Å². The van der Waals surface area contributed by atoms with Crippen LogP contribution in [0.1, 0.15) is 23.7 Å². The normalized spacial score (nSPS) is 18.9. The molecule has 1 fully saturated rings. The molecule has 0 spiro atoms. The Morgan fingerprint density at radius 2 is 2.08 bits per heavy atom. The summed E-state index contributed by atoms with van der Waals surface area (Å²) in [6.45, 7) is 1.82. The summed E-state index contributed by atoms with van der Waals surface area (Å²) in [7, 11) is -1.43. The van der Waals surface area contributed by atoms with Crippen LogP contribution in [0.5, 0.6) is 5.75 Å². The van der Waals surface area contributed by atoms with Crippen molar-refractivity contribution >= 4 is 21.6 Å². The molecular weight excluding hydrogens is 342 g/mol. The molecule has 1 amide bonds. The highest BCUT2D eigenvalue weighted by atomic mass is 32.2. The quantitative estimate of drug-likeness (QED) is 0.874.